The molecule has 0 saturated carbocycles. The molecule has 0 radical (unpaired) electrons. The lowest BCUT2D eigenvalue weighted by Crippen LogP contribution is -2.34. The van der Waals surface area contributed by atoms with Crippen molar-refractivity contribution in [2.24, 2.45) is 0 Å². The molecule has 22 heavy (non-hydrogen) atoms. The first kappa shape index (κ1) is 14.3. The number of hydrogen-bond acceptors (Lipinski definition) is 4. The van der Waals surface area contributed by atoms with Crippen molar-refractivity contribution in [3.63, 3.8) is 0 Å². The van der Waals surface area contributed by atoms with E-state index in [2.05, 4.69) is 10.5 Å². The van der Waals surface area contributed by atoms with Crippen molar-refractivity contribution >= 4 is 23.2 Å². The Morgan fingerprint density at radius 3 is 2.91 bits per heavy atom. The third-order valence-electron chi connectivity index (χ3n) is 3.85. The molecular weight excluding hydrogens is 282 g/mol. The number of aromatic nitrogens is 1. The lowest BCUT2D eigenvalue weighted by atomic mass is 10.0. The lowest BCUT2D eigenvalue weighted by Gasteiger charge is -2.28. The average molecular weight is 299 g/mol. The molecule has 0 fully saturated rings. The summed E-state index contributed by atoms with van der Waals surface area (Å²) < 4.78 is 4.90. The van der Waals surface area contributed by atoms with Crippen LogP contribution in [0.2, 0.25) is 0 Å². The second-order valence-electron chi connectivity index (χ2n) is 5.23. The van der Waals surface area contributed by atoms with Gasteiger partial charge in [0, 0.05) is 24.3 Å². The minimum absolute atomic E-state index is 0.145. The minimum Gasteiger partial charge on any atom is -0.361 e. The maximum atomic E-state index is 12.2. The number of carbonyl (C=O) groups excluding carboxylic acids is 2. The van der Waals surface area contributed by atoms with E-state index in [0.717, 1.165) is 11.3 Å². The van der Waals surface area contributed by atoms with E-state index in [9.17, 15) is 9.59 Å². The van der Waals surface area contributed by atoms with Crippen molar-refractivity contribution < 1.29 is 14.1 Å². The van der Waals surface area contributed by atoms with Gasteiger partial charge in [0.2, 0.25) is 5.91 Å². The van der Waals surface area contributed by atoms with Crippen LogP contribution in [-0.4, -0.2) is 23.5 Å². The predicted molar refractivity (Wildman–Crippen MR) is 82.0 cm³/mol. The molecule has 0 saturated heterocycles. The first-order chi connectivity index (χ1) is 10.6. The fourth-order valence-corrected chi connectivity index (χ4v) is 2.70. The zero-order valence-electron chi connectivity index (χ0n) is 12.5. The zero-order valence-corrected chi connectivity index (χ0v) is 12.5. The van der Waals surface area contributed by atoms with Gasteiger partial charge < -0.3 is 14.7 Å². The standard InChI is InChI=1S/C16H17N3O3/c1-3-19-14-6-5-12(8-11(14)4-7-15(19)20)18-16(21)13-9-17-22-10(13)2/h5-6,8-9H,3-4,7H2,1-2H3,(H,18,21). The fraction of sp³-hybridized carbons (Fsp3) is 0.312. The Kier molecular flexibility index (Phi) is 3.66. The van der Waals surface area contributed by atoms with Crippen LogP contribution in [0.4, 0.5) is 11.4 Å². The van der Waals surface area contributed by atoms with Crippen molar-refractivity contribution in [1.29, 1.82) is 0 Å². The molecular formula is C16H17N3O3. The van der Waals surface area contributed by atoms with Gasteiger partial charge in [0.25, 0.3) is 5.91 Å². The molecule has 6 heteroatoms. The van der Waals surface area contributed by atoms with Crippen LogP contribution in [0.3, 0.4) is 0 Å². The molecule has 6 nitrogen and oxygen atoms in total. The van der Waals surface area contributed by atoms with Gasteiger partial charge in [0.15, 0.2) is 0 Å². The molecule has 1 aliphatic rings. The number of anilines is 2. The first-order valence-corrected chi connectivity index (χ1v) is 7.26. The van der Waals surface area contributed by atoms with Crippen LogP contribution < -0.4 is 10.2 Å². The highest BCUT2D eigenvalue weighted by Crippen LogP contribution is 2.30. The summed E-state index contributed by atoms with van der Waals surface area (Å²) in [6.45, 7) is 4.30. The number of carbonyl (C=O) groups is 2. The van der Waals surface area contributed by atoms with Crippen LogP contribution in [0.25, 0.3) is 0 Å². The number of amides is 2. The lowest BCUT2D eigenvalue weighted by molar-refractivity contribution is -0.118. The van der Waals surface area contributed by atoms with E-state index in [1.807, 2.05) is 19.1 Å². The Morgan fingerprint density at radius 1 is 1.41 bits per heavy atom. The van der Waals surface area contributed by atoms with E-state index >= 15 is 0 Å². The molecule has 3 rings (SSSR count). The van der Waals surface area contributed by atoms with Gasteiger partial charge in [-0.2, -0.15) is 0 Å². The molecule has 1 N–H and O–H groups in total. The Labute approximate surface area is 128 Å². The molecule has 2 heterocycles. The predicted octanol–water partition coefficient (Wildman–Crippen LogP) is 2.53. The van der Waals surface area contributed by atoms with Crippen molar-refractivity contribution in [2.75, 3.05) is 16.8 Å². The van der Waals surface area contributed by atoms with Gasteiger partial charge in [-0.1, -0.05) is 5.16 Å². The molecule has 1 aliphatic heterocycles. The molecule has 0 spiro atoms. The second-order valence-corrected chi connectivity index (χ2v) is 5.23. The number of hydrogen-bond donors (Lipinski definition) is 1. The Hall–Kier alpha value is -2.63. The van der Waals surface area contributed by atoms with Crippen LogP contribution >= 0.6 is 0 Å². The number of aryl methyl sites for hydroxylation is 2. The normalized spacial score (nSPS) is 13.9. The highest BCUT2D eigenvalue weighted by molar-refractivity contribution is 6.05. The fourth-order valence-electron chi connectivity index (χ4n) is 2.70. The summed E-state index contributed by atoms with van der Waals surface area (Å²) in [6, 6.07) is 5.61. The third-order valence-corrected chi connectivity index (χ3v) is 3.85. The highest BCUT2D eigenvalue weighted by atomic mass is 16.5. The molecule has 1 aromatic heterocycles. The van der Waals surface area contributed by atoms with E-state index in [0.29, 0.717) is 36.4 Å². The van der Waals surface area contributed by atoms with Crippen LogP contribution in [0.1, 0.15) is 35.0 Å². The number of rotatable bonds is 3. The molecule has 0 unspecified atom stereocenters. The molecule has 0 bridgehead atoms. The van der Waals surface area contributed by atoms with Gasteiger partial charge >= 0.3 is 0 Å². The van der Waals surface area contributed by atoms with E-state index < -0.39 is 0 Å². The van der Waals surface area contributed by atoms with Gasteiger partial charge in [0.1, 0.15) is 11.3 Å². The topological polar surface area (TPSA) is 75.4 Å². The Morgan fingerprint density at radius 2 is 2.23 bits per heavy atom. The van der Waals surface area contributed by atoms with E-state index in [-0.39, 0.29) is 11.8 Å². The number of benzene rings is 1. The maximum Gasteiger partial charge on any atom is 0.260 e. The maximum absolute atomic E-state index is 12.2. The summed E-state index contributed by atoms with van der Waals surface area (Å²) in [5.41, 5.74) is 3.12. The van der Waals surface area contributed by atoms with Gasteiger partial charge in [-0.05, 0) is 44.0 Å². The van der Waals surface area contributed by atoms with Crippen LogP contribution in [0.15, 0.2) is 28.9 Å². The Bertz CT molecular complexity index is 736. The summed E-state index contributed by atoms with van der Waals surface area (Å²) in [7, 11) is 0. The van der Waals surface area contributed by atoms with Gasteiger partial charge in [-0.3, -0.25) is 9.59 Å². The average Bonchev–Trinajstić information content (AvgIpc) is 2.93. The number of fused-ring (bicyclic) bond motifs is 1. The van der Waals surface area contributed by atoms with Crippen LogP contribution in [0, 0.1) is 6.92 Å². The van der Waals surface area contributed by atoms with Crippen molar-refractivity contribution in [1.82, 2.24) is 5.16 Å². The number of nitrogens with one attached hydrogen (secondary N) is 1. The third kappa shape index (κ3) is 2.47. The van der Waals surface area contributed by atoms with Crippen molar-refractivity contribution in [2.45, 2.75) is 26.7 Å². The summed E-state index contributed by atoms with van der Waals surface area (Å²) in [4.78, 5) is 25.8. The summed E-state index contributed by atoms with van der Waals surface area (Å²) in [5, 5.41) is 6.44. The Balaban J connectivity index is 1.84. The molecule has 0 atom stereocenters. The van der Waals surface area contributed by atoms with Crippen LogP contribution in [-0.2, 0) is 11.2 Å². The van der Waals surface area contributed by atoms with Gasteiger partial charge in [-0.15, -0.1) is 0 Å². The zero-order chi connectivity index (χ0) is 15.7. The van der Waals surface area contributed by atoms with Crippen molar-refractivity contribution in [3.05, 3.63) is 41.3 Å². The molecule has 2 amide bonds. The quantitative estimate of drug-likeness (QED) is 0.945. The first-order valence-electron chi connectivity index (χ1n) is 7.26. The summed E-state index contributed by atoms with van der Waals surface area (Å²) >= 11 is 0. The van der Waals surface area contributed by atoms with Gasteiger partial charge in [-0.25, -0.2) is 0 Å². The molecule has 2 aromatic rings. The summed E-state index contributed by atoms with van der Waals surface area (Å²) in [5.74, 6) is 0.378. The summed E-state index contributed by atoms with van der Waals surface area (Å²) in [6.07, 6.45) is 2.60. The largest absolute Gasteiger partial charge is 0.361 e. The molecule has 0 aliphatic carbocycles. The van der Waals surface area contributed by atoms with E-state index in [1.165, 1.54) is 6.20 Å². The smallest absolute Gasteiger partial charge is 0.260 e. The number of nitrogens with zero attached hydrogens (tertiary/aromatic N) is 2. The van der Waals surface area contributed by atoms with Crippen LogP contribution in [0.5, 0.6) is 0 Å². The van der Waals surface area contributed by atoms with Crippen molar-refractivity contribution in [3.8, 4) is 0 Å². The van der Waals surface area contributed by atoms with E-state index in [4.69, 9.17) is 4.52 Å². The monoisotopic (exact) mass is 299 g/mol. The molecule has 114 valence electrons. The SMILES string of the molecule is CCN1C(=O)CCc2cc(NC(=O)c3cnoc3C)ccc21. The van der Waals surface area contributed by atoms with Gasteiger partial charge in [0.05, 0.1) is 6.20 Å². The second kappa shape index (κ2) is 5.63. The minimum atomic E-state index is -0.252. The van der Waals surface area contributed by atoms with E-state index in [1.54, 1.807) is 17.9 Å². The molecule has 1 aromatic carbocycles. The highest BCUT2D eigenvalue weighted by Gasteiger charge is 2.23.